The van der Waals surface area contributed by atoms with Gasteiger partial charge in [-0.05, 0) is 30.5 Å². The molecule has 14 heteroatoms. The molecule has 5 rings (SSSR count). The predicted octanol–water partition coefficient (Wildman–Crippen LogP) is 4.82. The highest BCUT2D eigenvalue weighted by Gasteiger charge is 2.32. The molecule has 3 aromatic heterocycles. The Bertz CT molecular complexity index is 1610. The van der Waals surface area contributed by atoms with Crippen molar-refractivity contribution in [3.05, 3.63) is 82.9 Å². The third-order valence-corrected chi connectivity index (χ3v) is 7.10. The van der Waals surface area contributed by atoms with Crippen LogP contribution in [-0.2, 0) is 11.3 Å². The van der Waals surface area contributed by atoms with Gasteiger partial charge >= 0.3 is 0 Å². The molecule has 10 nitrogen and oxygen atoms in total. The van der Waals surface area contributed by atoms with Crippen molar-refractivity contribution < 1.29 is 22.8 Å². The van der Waals surface area contributed by atoms with E-state index in [1.54, 1.807) is 36.1 Å². The number of amides is 2. The number of alkyl halides is 2. The average Bonchev–Trinajstić information content (AvgIpc) is 3.64. The summed E-state index contributed by atoms with van der Waals surface area (Å²) in [5.41, 5.74) is -0.400. The SMILES string of the molecule is CN(C)C(=O)[C@@H]1CCCN1c1ccc(Cn2cc(NC(=O)c3cncc(-c4c(C(F)F)ccc(Cl)c4F)n3)cn2)cn1. The fraction of sp³-hybridized carbons (Fsp3) is 0.286. The number of aromatic nitrogens is 5. The third kappa shape index (κ3) is 6.05. The van der Waals surface area contributed by atoms with Crippen molar-refractivity contribution in [2.24, 2.45) is 0 Å². The van der Waals surface area contributed by atoms with Gasteiger partial charge in [0.15, 0.2) is 5.82 Å². The minimum atomic E-state index is -2.99. The molecule has 0 radical (unpaired) electrons. The summed E-state index contributed by atoms with van der Waals surface area (Å²) < 4.78 is 43.3. The smallest absolute Gasteiger partial charge is 0.275 e. The Kier molecular flexibility index (Phi) is 8.39. The monoisotopic (exact) mass is 598 g/mol. The molecule has 0 unspecified atom stereocenters. The standard InChI is InChI=1S/C28H26ClF3N8O2/c1-38(2)28(42)22-4-3-9-40(22)23-8-5-16(10-34-23)14-39-15-17(11-35-39)36-27(41)21-13-33-12-20(37-21)24-18(26(31)32)6-7-19(29)25(24)30/h5-8,10-13,15,22,26H,3-4,9,14H2,1-2H3,(H,36,41)/t22-/m0/s1. The van der Waals surface area contributed by atoms with Crippen LogP contribution in [0.4, 0.5) is 24.7 Å². The number of carbonyl (C=O) groups excluding carboxylic acids is 2. The summed E-state index contributed by atoms with van der Waals surface area (Å²) in [5.74, 6) is -0.987. The maximum atomic E-state index is 14.7. The third-order valence-electron chi connectivity index (χ3n) is 6.80. The molecule has 1 aliphatic heterocycles. The molecule has 0 spiro atoms. The van der Waals surface area contributed by atoms with E-state index in [1.807, 2.05) is 17.0 Å². The van der Waals surface area contributed by atoms with Gasteiger partial charge in [0.1, 0.15) is 17.6 Å². The van der Waals surface area contributed by atoms with Gasteiger partial charge < -0.3 is 15.1 Å². The Hall–Kier alpha value is -4.52. The van der Waals surface area contributed by atoms with E-state index in [1.165, 1.54) is 6.20 Å². The highest BCUT2D eigenvalue weighted by molar-refractivity contribution is 6.31. The van der Waals surface area contributed by atoms with Crippen LogP contribution in [-0.4, -0.2) is 68.1 Å². The first-order chi connectivity index (χ1) is 20.1. The first-order valence-corrected chi connectivity index (χ1v) is 13.3. The summed E-state index contributed by atoms with van der Waals surface area (Å²) in [7, 11) is 3.49. The molecule has 218 valence electrons. The number of hydrogen-bond donors (Lipinski definition) is 1. The number of nitrogens with one attached hydrogen (secondary N) is 1. The lowest BCUT2D eigenvalue weighted by Crippen LogP contribution is -2.43. The van der Waals surface area contributed by atoms with Crippen molar-refractivity contribution in [2.45, 2.75) is 31.9 Å². The summed E-state index contributed by atoms with van der Waals surface area (Å²) in [4.78, 5) is 41.5. The van der Waals surface area contributed by atoms with Gasteiger partial charge in [-0.15, -0.1) is 0 Å². The number of halogens is 4. The van der Waals surface area contributed by atoms with Crippen molar-refractivity contribution in [3.8, 4) is 11.3 Å². The second-order valence-corrected chi connectivity index (χ2v) is 10.3. The molecule has 42 heavy (non-hydrogen) atoms. The second-order valence-electron chi connectivity index (χ2n) is 9.91. The minimum absolute atomic E-state index is 0.0525. The van der Waals surface area contributed by atoms with E-state index < -0.39 is 29.3 Å². The highest BCUT2D eigenvalue weighted by Crippen LogP contribution is 2.35. The lowest BCUT2D eigenvalue weighted by Gasteiger charge is -2.27. The van der Waals surface area contributed by atoms with E-state index in [0.717, 1.165) is 55.3 Å². The molecule has 1 fully saturated rings. The van der Waals surface area contributed by atoms with Crippen molar-refractivity contribution in [3.63, 3.8) is 0 Å². The van der Waals surface area contributed by atoms with Crippen LogP contribution < -0.4 is 10.2 Å². The highest BCUT2D eigenvalue weighted by atomic mass is 35.5. The summed E-state index contributed by atoms with van der Waals surface area (Å²) in [5, 5.41) is 6.53. The minimum Gasteiger partial charge on any atom is -0.347 e. The first-order valence-electron chi connectivity index (χ1n) is 13.0. The Morgan fingerprint density at radius 2 is 1.95 bits per heavy atom. The molecular formula is C28H26ClF3N8O2. The Morgan fingerprint density at radius 1 is 1.14 bits per heavy atom. The van der Waals surface area contributed by atoms with Gasteiger partial charge in [0.2, 0.25) is 5.91 Å². The maximum Gasteiger partial charge on any atom is 0.275 e. The van der Waals surface area contributed by atoms with E-state index in [-0.39, 0.29) is 28.4 Å². The summed E-state index contributed by atoms with van der Waals surface area (Å²) in [6.07, 6.45) is 5.68. The molecular weight excluding hydrogens is 573 g/mol. The van der Waals surface area contributed by atoms with Crippen LogP contribution >= 0.6 is 11.6 Å². The normalized spacial score (nSPS) is 14.8. The van der Waals surface area contributed by atoms with Gasteiger partial charge in [0.25, 0.3) is 12.3 Å². The van der Waals surface area contributed by atoms with Crippen molar-refractivity contribution in [1.29, 1.82) is 0 Å². The number of likely N-dealkylation sites (N-methyl/N-ethyl adjacent to an activating group) is 1. The van der Waals surface area contributed by atoms with Crippen LogP contribution in [0.2, 0.25) is 5.02 Å². The number of carbonyl (C=O) groups is 2. The number of anilines is 2. The molecule has 1 aliphatic rings. The van der Waals surface area contributed by atoms with Crippen molar-refractivity contribution in [2.75, 3.05) is 30.9 Å². The zero-order chi connectivity index (χ0) is 30.0. The van der Waals surface area contributed by atoms with Crippen LogP contribution in [0.15, 0.2) is 55.2 Å². The number of benzene rings is 1. The van der Waals surface area contributed by atoms with Crippen LogP contribution in [0, 0.1) is 5.82 Å². The van der Waals surface area contributed by atoms with E-state index >= 15 is 0 Å². The maximum absolute atomic E-state index is 14.7. The van der Waals surface area contributed by atoms with Gasteiger partial charge in [0, 0.05) is 44.2 Å². The van der Waals surface area contributed by atoms with Gasteiger partial charge in [-0.2, -0.15) is 5.10 Å². The molecule has 1 N–H and O–H groups in total. The lowest BCUT2D eigenvalue weighted by molar-refractivity contribution is -0.129. The lowest BCUT2D eigenvalue weighted by atomic mass is 10.0. The molecule has 4 aromatic rings. The van der Waals surface area contributed by atoms with Gasteiger partial charge in [-0.3, -0.25) is 19.3 Å². The molecule has 0 saturated carbocycles. The number of rotatable bonds is 8. The fourth-order valence-electron chi connectivity index (χ4n) is 4.78. The molecule has 2 amide bonds. The Labute approximate surface area is 244 Å². The Morgan fingerprint density at radius 3 is 2.67 bits per heavy atom. The van der Waals surface area contributed by atoms with Crippen LogP contribution in [0.5, 0.6) is 0 Å². The van der Waals surface area contributed by atoms with Crippen LogP contribution in [0.25, 0.3) is 11.3 Å². The molecule has 1 saturated heterocycles. The van der Waals surface area contributed by atoms with E-state index in [2.05, 4.69) is 25.4 Å². The van der Waals surface area contributed by atoms with Gasteiger partial charge in [0.05, 0.1) is 41.5 Å². The number of nitrogens with zero attached hydrogens (tertiary/aromatic N) is 7. The summed E-state index contributed by atoms with van der Waals surface area (Å²) in [6, 6.07) is 5.59. The molecule has 1 aromatic carbocycles. The quantitative estimate of drug-likeness (QED) is 0.310. The summed E-state index contributed by atoms with van der Waals surface area (Å²) >= 11 is 5.80. The molecule has 1 atom stereocenters. The first kappa shape index (κ1) is 29.0. The second kappa shape index (κ2) is 12.1. The van der Waals surface area contributed by atoms with Crippen LogP contribution in [0.3, 0.4) is 0 Å². The van der Waals surface area contributed by atoms with E-state index in [9.17, 15) is 22.8 Å². The largest absolute Gasteiger partial charge is 0.347 e. The Balaban J connectivity index is 1.26. The number of pyridine rings is 1. The predicted molar refractivity (Wildman–Crippen MR) is 150 cm³/mol. The number of hydrogen-bond acceptors (Lipinski definition) is 7. The van der Waals surface area contributed by atoms with Gasteiger partial charge in [-0.1, -0.05) is 23.7 Å². The summed E-state index contributed by atoms with van der Waals surface area (Å²) in [6.45, 7) is 1.12. The molecule has 0 aliphatic carbocycles. The molecule has 0 bridgehead atoms. The average molecular weight is 599 g/mol. The topological polar surface area (TPSA) is 109 Å². The van der Waals surface area contributed by atoms with Gasteiger partial charge in [-0.25, -0.2) is 23.1 Å². The molecule has 4 heterocycles. The van der Waals surface area contributed by atoms with Crippen molar-refractivity contribution in [1.82, 2.24) is 29.6 Å². The van der Waals surface area contributed by atoms with E-state index in [0.29, 0.717) is 12.2 Å². The van der Waals surface area contributed by atoms with Crippen molar-refractivity contribution >= 4 is 34.9 Å². The van der Waals surface area contributed by atoms with E-state index in [4.69, 9.17) is 11.6 Å². The zero-order valence-electron chi connectivity index (χ0n) is 22.6. The van der Waals surface area contributed by atoms with Crippen LogP contribution in [0.1, 0.15) is 40.9 Å². The zero-order valence-corrected chi connectivity index (χ0v) is 23.4. The fourth-order valence-corrected chi connectivity index (χ4v) is 4.93.